The number of hydrogen-bond donors (Lipinski definition) is 2. The van der Waals surface area contributed by atoms with Crippen molar-refractivity contribution in [3.05, 3.63) is 36.0 Å². The second kappa shape index (κ2) is 5.08. The summed E-state index contributed by atoms with van der Waals surface area (Å²) in [7, 11) is 0. The second-order valence-corrected chi connectivity index (χ2v) is 5.61. The number of aromatic nitrogens is 1. The highest BCUT2D eigenvalue weighted by Gasteiger charge is 2.23. The normalized spacial score (nSPS) is 23.4. The molecule has 2 aromatic rings. The Bertz CT molecular complexity index is 554. The fourth-order valence-corrected chi connectivity index (χ4v) is 2.97. The highest BCUT2D eigenvalue weighted by atomic mass is 16.1. The number of carbonyl (C=O) groups is 1. The van der Waals surface area contributed by atoms with Gasteiger partial charge in [0.05, 0.1) is 0 Å². The van der Waals surface area contributed by atoms with E-state index in [9.17, 15) is 4.79 Å². The van der Waals surface area contributed by atoms with Gasteiger partial charge in [-0.05, 0) is 30.9 Å². The standard InChI is InChI=1S/C16H20N2O/c1-11-6-2-4-8-13(11)18-16(19)15-10-12-7-3-5-9-14(12)17-15/h3,5,7,9-11,13,17H,2,4,6,8H2,1H3,(H,18,19)/t11-,13-/m1/s1. The van der Waals surface area contributed by atoms with Crippen LogP contribution in [0.3, 0.4) is 0 Å². The number of carbonyl (C=O) groups excluding carboxylic acids is 1. The minimum absolute atomic E-state index is 0.0231. The zero-order valence-electron chi connectivity index (χ0n) is 11.3. The van der Waals surface area contributed by atoms with Crippen LogP contribution in [0.5, 0.6) is 0 Å². The van der Waals surface area contributed by atoms with Crippen LogP contribution >= 0.6 is 0 Å². The Morgan fingerprint density at radius 1 is 1.26 bits per heavy atom. The molecule has 1 aromatic carbocycles. The molecule has 0 aliphatic heterocycles. The molecule has 100 valence electrons. The number of aromatic amines is 1. The molecule has 1 aliphatic rings. The number of fused-ring (bicyclic) bond motifs is 1. The maximum Gasteiger partial charge on any atom is 0.267 e. The Kier molecular flexibility index (Phi) is 3.28. The summed E-state index contributed by atoms with van der Waals surface area (Å²) >= 11 is 0. The number of hydrogen-bond acceptors (Lipinski definition) is 1. The molecule has 3 heteroatoms. The molecule has 0 radical (unpaired) electrons. The van der Waals surface area contributed by atoms with Crippen LogP contribution in [0.4, 0.5) is 0 Å². The fraction of sp³-hybridized carbons (Fsp3) is 0.438. The van der Waals surface area contributed by atoms with Gasteiger partial charge in [0.2, 0.25) is 0 Å². The van der Waals surface area contributed by atoms with Crippen molar-refractivity contribution in [2.24, 2.45) is 5.92 Å². The van der Waals surface area contributed by atoms with Crippen LogP contribution in [0.15, 0.2) is 30.3 Å². The molecular weight excluding hydrogens is 236 g/mol. The molecule has 2 N–H and O–H groups in total. The fourth-order valence-electron chi connectivity index (χ4n) is 2.97. The SMILES string of the molecule is C[C@@H]1CCCC[C@H]1NC(=O)c1cc2ccccc2[nH]1. The Labute approximate surface area is 113 Å². The smallest absolute Gasteiger partial charge is 0.267 e. The Balaban J connectivity index is 1.76. The van der Waals surface area contributed by atoms with Crippen LogP contribution in [-0.2, 0) is 0 Å². The lowest BCUT2D eigenvalue weighted by Gasteiger charge is -2.29. The summed E-state index contributed by atoms with van der Waals surface area (Å²) in [6, 6.07) is 10.2. The van der Waals surface area contributed by atoms with E-state index in [0.717, 1.165) is 17.3 Å². The third kappa shape index (κ3) is 2.50. The summed E-state index contributed by atoms with van der Waals surface area (Å²) in [5.74, 6) is 0.608. The lowest BCUT2D eigenvalue weighted by Crippen LogP contribution is -2.41. The molecule has 0 unspecified atom stereocenters. The van der Waals surface area contributed by atoms with Crippen molar-refractivity contribution < 1.29 is 4.79 Å². The molecular formula is C16H20N2O. The van der Waals surface area contributed by atoms with E-state index in [1.165, 1.54) is 19.3 Å². The molecule has 19 heavy (non-hydrogen) atoms. The first-order valence-electron chi connectivity index (χ1n) is 7.12. The zero-order valence-corrected chi connectivity index (χ0v) is 11.3. The van der Waals surface area contributed by atoms with Crippen molar-refractivity contribution in [3.8, 4) is 0 Å². The first kappa shape index (κ1) is 12.3. The molecule has 1 aliphatic carbocycles. The quantitative estimate of drug-likeness (QED) is 0.849. The monoisotopic (exact) mass is 256 g/mol. The number of amides is 1. The molecule has 1 saturated carbocycles. The van der Waals surface area contributed by atoms with Gasteiger partial charge in [-0.1, -0.05) is 38.0 Å². The summed E-state index contributed by atoms with van der Waals surface area (Å²) in [4.78, 5) is 15.5. The van der Waals surface area contributed by atoms with Gasteiger partial charge in [-0.2, -0.15) is 0 Å². The van der Waals surface area contributed by atoms with Gasteiger partial charge in [0.15, 0.2) is 0 Å². The molecule has 0 saturated heterocycles. The van der Waals surface area contributed by atoms with Crippen molar-refractivity contribution in [3.63, 3.8) is 0 Å². The summed E-state index contributed by atoms with van der Waals surface area (Å²) < 4.78 is 0. The van der Waals surface area contributed by atoms with Crippen molar-refractivity contribution in [2.75, 3.05) is 0 Å². The van der Waals surface area contributed by atoms with Crippen LogP contribution in [0.25, 0.3) is 10.9 Å². The van der Waals surface area contributed by atoms with Gasteiger partial charge < -0.3 is 10.3 Å². The van der Waals surface area contributed by atoms with Gasteiger partial charge in [0.25, 0.3) is 5.91 Å². The number of para-hydroxylation sites is 1. The van der Waals surface area contributed by atoms with E-state index in [-0.39, 0.29) is 5.91 Å². The van der Waals surface area contributed by atoms with Crippen molar-refractivity contribution in [2.45, 2.75) is 38.6 Å². The van der Waals surface area contributed by atoms with Gasteiger partial charge in [0, 0.05) is 16.9 Å². The van der Waals surface area contributed by atoms with Crippen LogP contribution in [0, 0.1) is 5.92 Å². The molecule has 2 atom stereocenters. The maximum atomic E-state index is 12.3. The van der Waals surface area contributed by atoms with Crippen LogP contribution in [0.1, 0.15) is 43.1 Å². The highest BCUT2D eigenvalue weighted by molar-refractivity contribution is 5.98. The summed E-state index contributed by atoms with van der Waals surface area (Å²) in [5, 5.41) is 4.26. The first-order valence-corrected chi connectivity index (χ1v) is 7.12. The summed E-state index contributed by atoms with van der Waals surface area (Å²) in [6.07, 6.45) is 4.84. The predicted octanol–water partition coefficient (Wildman–Crippen LogP) is 3.48. The number of rotatable bonds is 2. The maximum absolute atomic E-state index is 12.3. The van der Waals surface area contributed by atoms with E-state index < -0.39 is 0 Å². The van der Waals surface area contributed by atoms with Crippen molar-refractivity contribution in [1.82, 2.24) is 10.3 Å². The topological polar surface area (TPSA) is 44.9 Å². The molecule has 0 bridgehead atoms. The average Bonchev–Trinajstić information content (AvgIpc) is 2.85. The lowest BCUT2D eigenvalue weighted by atomic mass is 9.86. The summed E-state index contributed by atoms with van der Waals surface area (Å²) in [5.41, 5.74) is 1.68. The number of benzene rings is 1. The van der Waals surface area contributed by atoms with Crippen LogP contribution in [0.2, 0.25) is 0 Å². The molecule has 1 aromatic heterocycles. The average molecular weight is 256 g/mol. The highest BCUT2D eigenvalue weighted by Crippen LogP contribution is 2.24. The minimum Gasteiger partial charge on any atom is -0.351 e. The first-order chi connectivity index (χ1) is 9.24. The molecule has 0 spiro atoms. The molecule has 1 heterocycles. The Hall–Kier alpha value is -1.77. The molecule has 1 amide bonds. The van der Waals surface area contributed by atoms with E-state index in [0.29, 0.717) is 17.7 Å². The Morgan fingerprint density at radius 2 is 2.05 bits per heavy atom. The van der Waals surface area contributed by atoms with E-state index in [2.05, 4.69) is 17.2 Å². The number of H-pyrrole nitrogens is 1. The minimum atomic E-state index is 0.0231. The number of nitrogens with one attached hydrogen (secondary N) is 2. The van der Waals surface area contributed by atoms with E-state index >= 15 is 0 Å². The van der Waals surface area contributed by atoms with Crippen LogP contribution < -0.4 is 5.32 Å². The lowest BCUT2D eigenvalue weighted by molar-refractivity contribution is 0.0906. The van der Waals surface area contributed by atoms with Crippen molar-refractivity contribution >= 4 is 16.8 Å². The largest absolute Gasteiger partial charge is 0.351 e. The third-order valence-electron chi connectivity index (χ3n) is 4.20. The predicted molar refractivity (Wildman–Crippen MR) is 77.2 cm³/mol. The van der Waals surface area contributed by atoms with Crippen molar-refractivity contribution in [1.29, 1.82) is 0 Å². The van der Waals surface area contributed by atoms with Crippen LogP contribution in [-0.4, -0.2) is 16.9 Å². The van der Waals surface area contributed by atoms with Gasteiger partial charge in [0.1, 0.15) is 5.69 Å². The van der Waals surface area contributed by atoms with Gasteiger partial charge in [-0.15, -0.1) is 0 Å². The molecule has 1 fully saturated rings. The van der Waals surface area contributed by atoms with E-state index in [4.69, 9.17) is 0 Å². The second-order valence-electron chi connectivity index (χ2n) is 5.61. The van der Waals surface area contributed by atoms with Gasteiger partial charge in [-0.25, -0.2) is 0 Å². The third-order valence-corrected chi connectivity index (χ3v) is 4.20. The zero-order chi connectivity index (χ0) is 13.2. The molecule has 3 rings (SSSR count). The van der Waals surface area contributed by atoms with E-state index in [1.807, 2.05) is 30.3 Å². The molecule has 3 nitrogen and oxygen atoms in total. The summed E-state index contributed by atoms with van der Waals surface area (Å²) in [6.45, 7) is 2.23. The van der Waals surface area contributed by atoms with E-state index in [1.54, 1.807) is 0 Å². The van der Waals surface area contributed by atoms with Gasteiger partial charge >= 0.3 is 0 Å². The van der Waals surface area contributed by atoms with Gasteiger partial charge in [-0.3, -0.25) is 4.79 Å². The Morgan fingerprint density at radius 3 is 2.84 bits per heavy atom.